The SMILES string of the molecule is c1coc(CN2C[C@@H]3COC[C@]3(COCC3CC3)C2)c1. The van der Waals surface area contributed by atoms with Gasteiger partial charge in [-0.3, -0.25) is 4.90 Å². The molecule has 2 atom stereocenters. The van der Waals surface area contributed by atoms with Crippen LogP contribution in [0.3, 0.4) is 0 Å². The molecule has 0 spiro atoms. The second-order valence-corrected chi connectivity index (χ2v) is 6.78. The van der Waals surface area contributed by atoms with Crippen LogP contribution in [0, 0.1) is 17.3 Å². The molecule has 0 N–H and O–H groups in total. The Hall–Kier alpha value is -0.840. The van der Waals surface area contributed by atoms with Crippen LogP contribution >= 0.6 is 0 Å². The highest BCUT2D eigenvalue weighted by atomic mass is 16.5. The Morgan fingerprint density at radius 2 is 2.35 bits per heavy atom. The quantitative estimate of drug-likeness (QED) is 0.798. The van der Waals surface area contributed by atoms with E-state index in [0.717, 1.165) is 57.7 Å². The number of hydrogen-bond donors (Lipinski definition) is 0. The lowest BCUT2D eigenvalue weighted by Crippen LogP contribution is -2.35. The summed E-state index contributed by atoms with van der Waals surface area (Å²) in [7, 11) is 0. The van der Waals surface area contributed by atoms with Crippen LogP contribution in [0.5, 0.6) is 0 Å². The fourth-order valence-corrected chi connectivity index (χ4v) is 3.60. The maximum atomic E-state index is 6.00. The van der Waals surface area contributed by atoms with Crippen molar-refractivity contribution >= 4 is 0 Å². The third-order valence-electron chi connectivity index (χ3n) is 4.99. The van der Waals surface area contributed by atoms with Crippen molar-refractivity contribution in [2.24, 2.45) is 17.3 Å². The van der Waals surface area contributed by atoms with Gasteiger partial charge < -0.3 is 13.9 Å². The van der Waals surface area contributed by atoms with Crippen molar-refractivity contribution in [3.63, 3.8) is 0 Å². The van der Waals surface area contributed by atoms with Crippen molar-refractivity contribution < 1.29 is 13.9 Å². The van der Waals surface area contributed by atoms with Crippen LogP contribution in [0.25, 0.3) is 0 Å². The van der Waals surface area contributed by atoms with Gasteiger partial charge in [-0.05, 0) is 30.9 Å². The van der Waals surface area contributed by atoms with Crippen molar-refractivity contribution in [1.29, 1.82) is 0 Å². The lowest BCUT2D eigenvalue weighted by Gasteiger charge is -2.27. The molecule has 4 rings (SSSR count). The molecule has 0 radical (unpaired) electrons. The fourth-order valence-electron chi connectivity index (χ4n) is 3.60. The van der Waals surface area contributed by atoms with Crippen molar-refractivity contribution in [2.45, 2.75) is 19.4 Å². The maximum absolute atomic E-state index is 6.00. The van der Waals surface area contributed by atoms with Gasteiger partial charge in [-0.25, -0.2) is 0 Å². The third-order valence-corrected chi connectivity index (χ3v) is 4.99. The zero-order chi connectivity index (χ0) is 13.4. The molecule has 1 aromatic heterocycles. The summed E-state index contributed by atoms with van der Waals surface area (Å²) in [6.45, 7) is 6.65. The van der Waals surface area contributed by atoms with Crippen molar-refractivity contribution in [3.8, 4) is 0 Å². The summed E-state index contributed by atoms with van der Waals surface area (Å²) in [6, 6.07) is 4.02. The van der Waals surface area contributed by atoms with Gasteiger partial charge in [-0.15, -0.1) is 0 Å². The Labute approximate surface area is 120 Å². The molecule has 4 nitrogen and oxygen atoms in total. The van der Waals surface area contributed by atoms with Gasteiger partial charge in [-0.2, -0.15) is 0 Å². The standard InChI is InChI=1S/C16H23NO3/c1-2-15(20-5-1)7-17-6-14-9-19-12-16(14,10-17)11-18-8-13-3-4-13/h1-2,5,13-14H,3-4,6-12H2/t14-,16-/m1/s1. The van der Waals surface area contributed by atoms with Crippen LogP contribution in [0.15, 0.2) is 22.8 Å². The minimum absolute atomic E-state index is 0.224. The highest BCUT2D eigenvalue weighted by Gasteiger charge is 2.50. The Kier molecular flexibility index (Phi) is 3.33. The van der Waals surface area contributed by atoms with E-state index >= 15 is 0 Å². The van der Waals surface area contributed by atoms with Crippen LogP contribution in [-0.2, 0) is 16.0 Å². The van der Waals surface area contributed by atoms with E-state index in [9.17, 15) is 0 Å². The molecule has 4 heteroatoms. The first-order chi connectivity index (χ1) is 9.84. The number of nitrogens with zero attached hydrogens (tertiary/aromatic N) is 1. The lowest BCUT2D eigenvalue weighted by atomic mass is 9.82. The monoisotopic (exact) mass is 277 g/mol. The smallest absolute Gasteiger partial charge is 0.117 e. The van der Waals surface area contributed by atoms with E-state index in [1.54, 1.807) is 6.26 Å². The second-order valence-electron chi connectivity index (χ2n) is 6.78. The molecule has 0 aromatic carbocycles. The Morgan fingerprint density at radius 1 is 1.40 bits per heavy atom. The number of ether oxygens (including phenoxy) is 2. The molecule has 0 bridgehead atoms. The van der Waals surface area contributed by atoms with Crippen molar-refractivity contribution in [2.75, 3.05) is 39.5 Å². The highest BCUT2D eigenvalue weighted by Crippen LogP contribution is 2.42. The zero-order valence-corrected chi connectivity index (χ0v) is 11.9. The number of rotatable bonds is 6. The van der Waals surface area contributed by atoms with Gasteiger partial charge in [0, 0.05) is 31.0 Å². The van der Waals surface area contributed by atoms with E-state index in [-0.39, 0.29) is 5.41 Å². The maximum Gasteiger partial charge on any atom is 0.117 e. The van der Waals surface area contributed by atoms with E-state index in [1.165, 1.54) is 12.8 Å². The van der Waals surface area contributed by atoms with Crippen LogP contribution in [0.2, 0.25) is 0 Å². The molecule has 0 unspecified atom stereocenters. The van der Waals surface area contributed by atoms with Crippen molar-refractivity contribution in [1.82, 2.24) is 4.90 Å². The number of furan rings is 1. The predicted molar refractivity (Wildman–Crippen MR) is 74.3 cm³/mol. The molecule has 1 aromatic rings. The van der Waals surface area contributed by atoms with Crippen LogP contribution in [-0.4, -0.2) is 44.4 Å². The van der Waals surface area contributed by atoms with Gasteiger partial charge in [0.15, 0.2) is 0 Å². The van der Waals surface area contributed by atoms with Gasteiger partial charge in [0.05, 0.1) is 32.6 Å². The molecule has 3 aliphatic rings. The van der Waals surface area contributed by atoms with E-state index in [4.69, 9.17) is 13.9 Å². The van der Waals surface area contributed by atoms with Gasteiger partial charge >= 0.3 is 0 Å². The topological polar surface area (TPSA) is 34.8 Å². The summed E-state index contributed by atoms with van der Waals surface area (Å²) in [6.07, 6.45) is 4.47. The molecule has 2 aliphatic heterocycles. The number of likely N-dealkylation sites (tertiary alicyclic amines) is 1. The molecule has 3 heterocycles. The highest BCUT2D eigenvalue weighted by molar-refractivity contribution is 5.04. The molecule has 2 saturated heterocycles. The van der Waals surface area contributed by atoms with E-state index in [0.29, 0.717) is 5.92 Å². The second kappa shape index (κ2) is 5.17. The molecule has 110 valence electrons. The Morgan fingerprint density at radius 3 is 3.15 bits per heavy atom. The first-order valence-corrected chi connectivity index (χ1v) is 7.74. The van der Waals surface area contributed by atoms with Gasteiger partial charge in [0.25, 0.3) is 0 Å². The first-order valence-electron chi connectivity index (χ1n) is 7.74. The van der Waals surface area contributed by atoms with E-state index in [1.807, 2.05) is 6.07 Å². The molecular formula is C16H23NO3. The summed E-state index contributed by atoms with van der Waals surface area (Å²) in [4.78, 5) is 2.49. The third kappa shape index (κ3) is 2.52. The normalized spacial score (nSPS) is 33.7. The van der Waals surface area contributed by atoms with Gasteiger partial charge in [0.1, 0.15) is 5.76 Å². The molecule has 1 aliphatic carbocycles. The Balaban J connectivity index is 1.36. The Bertz CT molecular complexity index is 443. The lowest BCUT2D eigenvalue weighted by molar-refractivity contribution is 0.0218. The first kappa shape index (κ1) is 12.9. The van der Waals surface area contributed by atoms with Gasteiger partial charge in [0.2, 0.25) is 0 Å². The van der Waals surface area contributed by atoms with Crippen LogP contribution < -0.4 is 0 Å². The summed E-state index contributed by atoms with van der Waals surface area (Å²) < 4.78 is 17.2. The summed E-state index contributed by atoms with van der Waals surface area (Å²) in [5.41, 5.74) is 0.224. The predicted octanol–water partition coefficient (Wildman–Crippen LogP) is 2.15. The van der Waals surface area contributed by atoms with E-state index < -0.39 is 0 Å². The molecular weight excluding hydrogens is 254 g/mol. The summed E-state index contributed by atoms with van der Waals surface area (Å²) >= 11 is 0. The van der Waals surface area contributed by atoms with Gasteiger partial charge in [-0.1, -0.05) is 0 Å². The minimum Gasteiger partial charge on any atom is -0.468 e. The zero-order valence-electron chi connectivity index (χ0n) is 11.9. The minimum atomic E-state index is 0.224. The largest absolute Gasteiger partial charge is 0.468 e. The molecule has 20 heavy (non-hydrogen) atoms. The molecule has 0 amide bonds. The number of hydrogen-bond acceptors (Lipinski definition) is 4. The summed E-state index contributed by atoms with van der Waals surface area (Å²) in [5.74, 6) is 2.52. The van der Waals surface area contributed by atoms with Crippen molar-refractivity contribution in [3.05, 3.63) is 24.2 Å². The van der Waals surface area contributed by atoms with Crippen LogP contribution in [0.4, 0.5) is 0 Å². The fraction of sp³-hybridized carbons (Fsp3) is 0.750. The molecule has 1 saturated carbocycles. The summed E-state index contributed by atoms with van der Waals surface area (Å²) in [5, 5.41) is 0. The average Bonchev–Trinajstić information content (AvgIpc) is 2.84. The average molecular weight is 277 g/mol. The number of fused-ring (bicyclic) bond motifs is 1. The van der Waals surface area contributed by atoms with Crippen LogP contribution in [0.1, 0.15) is 18.6 Å². The molecule has 3 fully saturated rings. The van der Waals surface area contributed by atoms with E-state index in [2.05, 4.69) is 11.0 Å².